The number of halogens is 7. The summed E-state index contributed by atoms with van der Waals surface area (Å²) in [5, 5.41) is 3.47. The largest absolute Gasteiger partial charge is 0.269 e. The van der Waals surface area contributed by atoms with Gasteiger partial charge in [-0.3, -0.25) is 4.70 Å². The van der Waals surface area contributed by atoms with Crippen LogP contribution >= 0.6 is 0 Å². The van der Waals surface area contributed by atoms with E-state index >= 15 is 0 Å². The standard InChI is InChI=1S/C9H11N3.3F2.FH/c10-12-11-8-4-7-9-5-2-1-3-6-9;3*1-2;/h1-3,5-6H,4,7-8H2;;;;1H. The number of nitrogens with zero attached hydrogens (tertiary/aromatic N) is 3. The molecule has 1 aromatic carbocycles. The second kappa shape index (κ2) is 29.8. The lowest BCUT2D eigenvalue weighted by molar-refractivity contribution is 0.108. The number of benzene rings is 1. The normalized spacial score (nSPS) is 6.63. The van der Waals surface area contributed by atoms with Crippen molar-refractivity contribution in [2.24, 2.45) is 5.11 Å². The van der Waals surface area contributed by atoms with Crippen LogP contribution in [0.25, 0.3) is 10.4 Å². The van der Waals surface area contributed by atoms with Crippen molar-refractivity contribution in [3.63, 3.8) is 0 Å². The molecule has 1 rings (SSSR count). The van der Waals surface area contributed by atoms with E-state index in [0.29, 0.717) is 6.54 Å². The fourth-order valence-electron chi connectivity index (χ4n) is 1.04. The van der Waals surface area contributed by atoms with Crippen molar-refractivity contribution in [3.8, 4) is 0 Å². The molecule has 0 radical (unpaired) electrons. The highest BCUT2D eigenvalue weighted by Crippen LogP contribution is 2.01. The number of hydrogen-bond donors (Lipinski definition) is 0. The van der Waals surface area contributed by atoms with Gasteiger partial charge in [0.05, 0.1) is 0 Å². The van der Waals surface area contributed by atoms with E-state index in [0.717, 1.165) is 12.8 Å². The number of hydrogen-bond acceptors (Lipinski definition) is 1. The fourth-order valence-corrected chi connectivity index (χ4v) is 1.04. The van der Waals surface area contributed by atoms with Crippen LogP contribution in [0.5, 0.6) is 0 Å². The molecule has 19 heavy (non-hydrogen) atoms. The Balaban J connectivity index is -0.000000142. The highest BCUT2D eigenvalue weighted by Gasteiger charge is 1.89. The average Bonchev–Trinajstić information content (AvgIpc) is 2.51. The Hall–Kier alpha value is -1.96. The summed E-state index contributed by atoms with van der Waals surface area (Å²) in [6, 6.07) is 10.2. The van der Waals surface area contributed by atoms with E-state index in [1.165, 1.54) is 5.56 Å². The van der Waals surface area contributed by atoms with Gasteiger partial charge in [0.25, 0.3) is 0 Å². The molecule has 0 aliphatic heterocycles. The van der Waals surface area contributed by atoms with Crippen LogP contribution in [0, 0.1) is 0 Å². The van der Waals surface area contributed by atoms with E-state index in [1.807, 2.05) is 18.2 Å². The van der Waals surface area contributed by atoms with Gasteiger partial charge < -0.3 is 0 Å². The van der Waals surface area contributed by atoms with E-state index in [2.05, 4.69) is 22.2 Å². The molecule has 0 bridgehead atoms. The Bertz CT molecular complexity index is 280. The molecule has 0 aliphatic carbocycles. The van der Waals surface area contributed by atoms with Gasteiger partial charge in [0, 0.05) is 38.9 Å². The van der Waals surface area contributed by atoms with Gasteiger partial charge in [0.15, 0.2) is 0 Å². The van der Waals surface area contributed by atoms with Gasteiger partial charge in [-0.2, -0.15) is 0 Å². The third-order valence-corrected chi connectivity index (χ3v) is 1.63. The second-order valence-corrected chi connectivity index (χ2v) is 2.54. The minimum atomic E-state index is 0. The van der Waals surface area contributed by atoms with Crippen LogP contribution in [0.1, 0.15) is 12.0 Å². The predicted molar refractivity (Wildman–Crippen MR) is 57.9 cm³/mol. The highest BCUT2D eigenvalue weighted by atomic mass is 20.0. The molecule has 0 atom stereocenters. The molecule has 0 unspecified atom stereocenters. The van der Waals surface area contributed by atoms with Crippen LogP contribution in [-0.2, 0) is 6.42 Å². The van der Waals surface area contributed by atoms with Crippen molar-refractivity contribution in [1.82, 2.24) is 0 Å². The number of rotatable bonds is 4. The lowest BCUT2D eigenvalue weighted by Gasteiger charge is -1.96. The zero-order valence-corrected chi connectivity index (χ0v) is 9.53. The molecule has 10 heteroatoms. The first-order valence-corrected chi connectivity index (χ1v) is 4.41. The Morgan fingerprint density at radius 3 is 1.84 bits per heavy atom. The first-order valence-electron chi connectivity index (χ1n) is 4.41. The topological polar surface area (TPSA) is 48.8 Å². The van der Waals surface area contributed by atoms with Gasteiger partial charge in [-0.1, -0.05) is 35.4 Å². The number of azide groups is 1. The highest BCUT2D eigenvalue weighted by molar-refractivity contribution is 5.14. The molecule has 0 aromatic heterocycles. The molecule has 1 aromatic rings. The average molecular weight is 295 g/mol. The van der Waals surface area contributed by atoms with Crippen LogP contribution in [0.3, 0.4) is 0 Å². The quantitative estimate of drug-likeness (QED) is 0.228. The Morgan fingerprint density at radius 2 is 1.42 bits per heavy atom. The molecule has 0 heterocycles. The Morgan fingerprint density at radius 1 is 0.947 bits per heavy atom. The molecule has 112 valence electrons. The van der Waals surface area contributed by atoms with Crippen LogP contribution in [0.15, 0.2) is 35.4 Å². The third kappa shape index (κ3) is 21.8. The van der Waals surface area contributed by atoms with Gasteiger partial charge >= 0.3 is 0 Å². The van der Waals surface area contributed by atoms with Crippen molar-refractivity contribution in [3.05, 3.63) is 46.3 Å². The summed E-state index contributed by atoms with van der Waals surface area (Å²) in [5.41, 5.74) is 9.32. The monoisotopic (exact) mass is 295 g/mol. The summed E-state index contributed by atoms with van der Waals surface area (Å²) < 4.78 is 48.0. The zero-order chi connectivity index (χ0) is 14.6. The van der Waals surface area contributed by atoms with Gasteiger partial charge in [-0.05, 0) is 23.9 Å². The minimum Gasteiger partial charge on any atom is -0.269 e. The summed E-state index contributed by atoms with van der Waals surface area (Å²) in [6.45, 7) is 0.589. The summed E-state index contributed by atoms with van der Waals surface area (Å²) in [6.07, 6.45) is 1.91. The first kappa shape index (κ1) is 25.8. The maximum Gasteiger partial charge on any atom is 0.0261 e. The second-order valence-electron chi connectivity index (χ2n) is 2.54. The van der Waals surface area contributed by atoms with Gasteiger partial charge in [0.1, 0.15) is 0 Å². The van der Waals surface area contributed by atoms with Crippen LogP contribution in [0.4, 0.5) is 32.1 Å². The van der Waals surface area contributed by atoms with Gasteiger partial charge in [0.2, 0.25) is 0 Å². The maximum absolute atomic E-state index is 8.02. The Kier molecular flexibility index (Phi) is 40.4. The number of aryl methyl sites for hydroxylation is 1. The molecule has 0 fully saturated rings. The molecule has 0 aliphatic rings. The smallest absolute Gasteiger partial charge is 0.0261 e. The molecule has 0 saturated heterocycles. The minimum absolute atomic E-state index is 0. The van der Waals surface area contributed by atoms with E-state index in [-0.39, 0.29) is 4.70 Å². The maximum atomic E-state index is 8.02. The van der Waals surface area contributed by atoms with Crippen LogP contribution in [0.2, 0.25) is 0 Å². The van der Waals surface area contributed by atoms with E-state index in [1.54, 1.807) is 0 Å². The zero-order valence-electron chi connectivity index (χ0n) is 9.53. The van der Waals surface area contributed by atoms with Gasteiger partial charge in [-0.15, -0.1) is 0 Å². The van der Waals surface area contributed by atoms with Crippen molar-refractivity contribution >= 4 is 0 Å². The third-order valence-electron chi connectivity index (χ3n) is 1.63. The molecule has 0 N–H and O–H groups in total. The van der Waals surface area contributed by atoms with E-state index in [4.69, 9.17) is 33.0 Å². The molecule has 0 saturated carbocycles. The van der Waals surface area contributed by atoms with E-state index < -0.39 is 0 Å². The summed E-state index contributed by atoms with van der Waals surface area (Å²) in [4.78, 5) is 2.69. The van der Waals surface area contributed by atoms with Crippen molar-refractivity contribution in [1.29, 1.82) is 0 Å². The van der Waals surface area contributed by atoms with Gasteiger partial charge in [-0.25, -0.2) is 0 Å². The molecule has 0 amide bonds. The molecular formula is C9H12F7N3. The summed E-state index contributed by atoms with van der Waals surface area (Å²) >= 11 is 0. The molecular weight excluding hydrogens is 283 g/mol. The SMILES string of the molecule is F.FF.FF.FF.[N-]=[N+]=NCCCc1ccccc1. The van der Waals surface area contributed by atoms with Crippen molar-refractivity contribution < 1.29 is 32.1 Å². The lowest BCUT2D eigenvalue weighted by atomic mass is 10.1. The van der Waals surface area contributed by atoms with E-state index in [9.17, 15) is 0 Å². The summed E-state index contributed by atoms with van der Waals surface area (Å²) in [5.74, 6) is 0. The molecule has 3 nitrogen and oxygen atoms in total. The first-order chi connectivity index (χ1) is 8.93. The van der Waals surface area contributed by atoms with Crippen molar-refractivity contribution in [2.75, 3.05) is 6.54 Å². The lowest BCUT2D eigenvalue weighted by Crippen LogP contribution is -1.86. The predicted octanol–water partition coefficient (Wildman–Crippen LogP) is 5.60. The summed E-state index contributed by atoms with van der Waals surface area (Å²) in [7, 11) is 0. The molecule has 0 spiro atoms. The van der Waals surface area contributed by atoms with Crippen LogP contribution < -0.4 is 0 Å². The fraction of sp³-hybridized carbons (Fsp3) is 0.333. The Labute approximate surface area is 104 Å². The van der Waals surface area contributed by atoms with Crippen molar-refractivity contribution in [2.45, 2.75) is 12.8 Å². The van der Waals surface area contributed by atoms with Crippen LogP contribution in [-0.4, -0.2) is 6.54 Å².